The number of Topliss-reactive ketones (excluding diaryl/α,β-unsaturated/α-hetero) is 1. The van der Waals surface area contributed by atoms with Crippen molar-refractivity contribution in [2.24, 2.45) is 0 Å². The summed E-state index contributed by atoms with van der Waals surface area (Å²) in [4.78, 5) is 14.0. The quantitative estimate of drug-likeness (QED) is 0.755. The van der Waals surface area contributed by atoms with Gasteiger partial charge in [-0.15, -0.1) is 0 Å². The monoisotopic (exact) mass is 243 g/mol. The van der Waals surface area contributed by atoms with Crippen LogP contribution in [0.25, 0.3) is 0 Å². The van der Waals surface area contributed by atoms with E-state index in [0.717, 1.165) is 25.8 Å². The number of piperidine rings is 1. The molecule has 1 saturated heterocycles. The molecule has 2 heteroatoms. The molecule has 2 nitrogen and oxygen atoms in total. The van der Waals surface area contributed by atoms with Crippen LogP contribution in [0.15, 0.2) is 24.3 Å². The third-order valence-corrected chi connectivity index (χ3v) is 4.53. The number of fused-ring (bicyclic) bond motifs is 1. The number of benzene rings is 1. The summed E-state index contributed by atoms with van der Waals surface area (Å²) in [5.74, 6) is 0.440. The van der Waals surface area contributed by atoms with E-state index in [0.29, 0.717) is 17.9 Å². The second-order valence-electron chi connectivity index (χ2n) is 5.74. The first-order valence-corrected chi connectivity index (χ1v) is 7.08. The number of likely N-dealkylation sites (tertiary alicyclic amines) is 1. The SMILES string of the molecule is CC1CC(=O)CCN1C1CCc2ccccc2C1. The molecule has 2 atom stereocenters. The van der Waals surface area contributed by atoms with Crippen molar-refractivity contribution in [1.82, 2.24) is 4.90 Å². The molecule has 0 spiro atoms. The molecule has 1 aliphatic heterocycles. The summed E-state index contributed by atoms with van der Waals surface area (Å²) < 4.78 is 0. The predicted molar refractivity (Wildman–Crippen MR) is 72.7 cm³/mol. The summed E-state index contributed by atoms with van der Waals surface area (Å²) in [6.45, 7) is 3.17. The van der Waals surface area contributed by atoms with Gasteiger partial charge in [-0.05, 0) is 37.3 Å². The number of hydrogen-bond donors (Lipinski definition) is 0. The molecular formula is C16H21NO. The Kier molecular flexibility index (Phi) is 3.21. The van der Waals surface area contributed by atoms with Gasteiger partial charge in [-0.2, -0.15) is 0 Å². The molecule has 1 fully saturated rings. The number of rotatable bonds is 1. The fourth-order valence-electron chi connectivity index (χ4n) is 3.53. The second-order valence-corrected chi connectivity index (χ2v) is 5.74. The Balaban J connectivity index is 1.74. The molecule has 1 aromatic carbocycles. The number of nitrogens with zero attached hydrogens (tertiary/aromatic N) is 1. The lowest BCUT2D eigenvalue weighted by atomic mass is 9.85. The average molecular weight is 243 g/mol. The Morgan fingerprint density at radius 3 is 2.67 bits per heavy atom. The number of aryl methyl sites for hydroxylation is 1. The molecule has 0 N–H and O–H groups in total. The van der Waals surface area contributed by atoms with Gasteiger partial charge in [0.05, 0.1) is 0 Å². The first-order valence-electron chi connectivity index (χ1n) is 7.08. The number of ketones is 1. The van der Waals surface area contributed by atoms with Crippen molar-refractivity contribution in [1.29, 1.82) is 0 Å². The third-order valence-electron chi connectivity index (χ3n) is 4.53. The van der Waals surface area contributed by atoms with E-state index in [1.54, 1.807) is 0 Å². The van der Waals surface area contributed by atoms with Crippen LogP contribution in [0.5, 0.6) is 0 Å². The molecule has 18 heavy (non-hydrogen) atoms. The minimum Gasteiger partial charge on any atom is -0.300 e. The van der Waals surface area contributed by atoms with Crippen molar-refractivity contribution < 1.29 is 4.79 Å². The van der Waals surface area contributed by atoms with Crippen molar-refractivity contribution in [2.75, 3.05) is 6.54 Å². The maximum Gasteiger partial charge on any atom is 0.135 e. The maximum atomic E-state index is 11.5. The number of carbonyl (C=O) groups excluding carboxylic acids is 1. The van der Waals surface area contributed by atoms with E-state index in [1.165, 1.54) is 24.0 Å². The molecule has 0 bridgehead atoms. The fraction of sp³-hybridized carbons (Fsp3) is 0.562. The molecule has 96 valence electrons. The summed E-state index contributed by atoms with van der Waals surface area (Å²) in [5, 5.41) is 0. The molecule has 1 aliphatic carbocycles. The van der Waals surface area contributed by atoms with E-state index in [4.69, 9.17) is 0 Å². The second kappa shape index (κ2) is 4.85. The van der Waals surface area contributed by atoms with Crippen molar-refractivity contribution in [2.45, 2.75) is 51.1 Å². The fourth-order valence-corrected chi connectivity index (χ4v) is 3.53. The molecule has 1 aromatic rings. The highest BCUT2D eigenvalue weighted by Crippen LogP contribution is 2.28. The number of hydrogen-bond acceptors (Lipinski definition) is 2. The zero-order valence-corrected chi connectivity index (χ0v) is 11.1. The van der Waals surface area contributed by atoms with Crippen LogP contribution in [-0.2, 0) is 17.6 Å². The van der Waals surface area contributed by atoms with E-state index in [-0.39, 0.29) is 0 Å². The van der Waals surface area contributed by atoms with Gasteiger partial charge in [-0.1, -0.05) is 24.3 Å². The van der Waals surface area contributed by atoms with Gasteiger partial charge >= 0.3 is 0 Å². The maximum absolute atomic E-state index is 11.5. The molecule has 0 amide bonds. The molecule has 0 aromatic heterocycles. The highest BCUT2D eigenvalue weighted by Gasteiger charge is 2.31. The lowest BCUT2D eigenvalue weighted by Gasteiger charge is -2.41. The van der Waals surface area contributed by atoms with Crippen molar-refractivity contribution in [3.63, 3.8) is 0 Å². The minimum absolute atomic E-state index is 0.432. The van der Waals surface area contributed by atoms with Crippen LogP contribution in [0.1, 0.15) is 37.3 Å². The van der Waals surface area contributed by atoms with Crippen LogP contribution in [0, 0.1) is 0 Å². The van der Waals surface area contributed by atoms with Crippen molar-refractivity contribution >= 4 is 5.78 Å². The van der Waals surface area contributed by atoms with Crippen LogP contribution in [0.2, 0.25) is 0 Å². The minimum atomic E-state index is 0.432. The van der Waals surface area contributed by atoms with Gasteiger partial charge in [0, 0.05) is 31.5 Å². The summed E-state index contributed by atoms with van der Waals surface area (Å²) in [5.41, 5.74) is 3.03. The molecule has 0 saturated carbocycles. The summed E-state index contributed by atoms with van der Waals surface area (Å²) in [6.07, 6.45) is 5.10. The molecule has 3 rings (SSSR count). The number of carbonyl (C=O) groups is 1. The summed E-state index contributed by atoms with van der Waals surface area (Å²) in [7, 11) is 0. The van der Waals surface area contributed by atoms with E-state index in [2.05, 4.69) is 36.1 Å². The van der Waals surface area contributed by atoms with Gasteiger partial charge in [-0.3, -0.25) is 9.69 Å². The smallest absolute Gasteiger partial charge is 0.135 e. The predicted octanol–water partition coefficient (Wildman–Crippen LogP) is 2.60. The lowest BCUT2D eigenvalue weighted by molar-refractivity contribution is -0.123. The zero-order chi connectivity index (χ0) is 12.5. The third kappa shape index (κ3) is 2.22. The van der Waals surface area contributed by atoms with Crippen LogP contribution in [0.3, 0.4) is 0 Å². The standard InChI is InChI=1S/C16H21NO/c1-12-10-16(18)8-9-17(12)15-7-6-13-4-2-3-5-14(13)11-15/h2-5,12,15H,6-11H2,1H3. The van der Waals surface area contributed by atoms with Crippen LogP contribution in [0.4, 0.5) is 0 Å². The molecule has 1 heterocycles. The van der Waals surface area contributed by atoms with E-state index < -0.39 is 0 Å². The Labute approximate surface area is 109 Å². The summed E-state index contributed by atoms with van der Waals surface area (Å²) >= 11 is 0. The van der Waals surface area contributed by atoms with Gasteiger partial charge in [0.25, 0.3) is 0 Å². The largest absolute Gasteiger partial charge is 0.300 e. The Morgan fingerprint density at radius 2 is 1.89 bits per heavy atom. The van der Waals surface area contributed by atoms with Gasteiger partial charge < -0.3 is 0 Å². The van der Waals surface area contributed by atoms with Crippen LogP contribution < -0.4 is 0 Å². The molecule has 2 unspecified atom stereocenters. The topological polar surface area (TPSA) is 20.3 Å². The van der Waals surface area contributed by atoms with Crippen LogP contribution >= 0.6 is 0 Å². The Morgan fingerprint density at radius 1 is 1.11 bits per heavy atom. The molecule has 2 aliphatic rings. The Bertz CT molecular complexity index is 454. The molecule has 0 radical (unpaired) electrons. The van der Waals surface area contributed by atoms with Gasteiger partial charge in [-0.25, -0.2) is 0 Å². The average Bonchev–Trinajstić information content (AvgIpc) is 2.38. The van der Waals surface area contributed by atoms with Gasteiger partial charge in [0.1, 0.15) is 5.78 Å². The van der Waals surface area contributed by atoms with E-state index in [1.807, 2.05) is 0 Å². The first kappa shape index (κ1) is 11.9. The Hall–Kier alpha value is -1.15. The van der Waals surface area contributed by atoms with Gasteiger partial charge in [0.2, 0.25) is 0 Å². The van der Waals surface area contributed by atoms with E-state index in [9.17, 15) is 4.79 Å². The summed E-state index contributed by atoms with van der Waals surface area (Å²) in [6, 6.07) is 9.88. The molecular weight excluding hydrogens is 222 g/mol. The van der Waals surface area contributed by atoms with Gasteiger partial charge in [0.15, 0.2) is 0 Å². The lowest BCUT2D eigenvalue weighted by Crippen LogP contribution is -2.49. The van der Waals surface area contributed by atoms with E-state index >= 15 is 0 Å². The highest BCUT2D eigenvalue weighted by molar-refractivity contribution is 5.79. The first-order chi connectivity index (χ1) is 8.74. The zero-order valence-electron chi connectivity index (χ0n) is 11.1. The normalized spacial score (nSPS) is 29.1. The van der Waals surface area contributed by atoms with Crippen LogP contribution in [-0.4, -0.2) is 29.3 Å². The highest BCUT2D eigenvalue weighted by atomic mass is 16.1. The van der Waals surface area contributed by atoms with Crippen molar-refractivity contribution in [3.8, 4) is 0 Å². The van der Waals surface area contributed by atoms with Crippen molar-refractivity contribution in [3.05, 3.63) is 35.4 Å².